The summed E-state index contributed by atoms with van der Waals surface area (Å²) in [5, 5.41) is 11.4. The summed E-state index contributed by atoms with van der Waals surface area (Å²) in [5.74, 6) is 0. The number of aromatic amines is 1. The number of aliphatic hydroxyl groups is 1. The molecule has 1 fully saturated rings. The molecule has 3 atom stereocenters. The largest absolute Gasteiger partial charge is 0.386 e. The monoisotopic (exact) mass is 231 g/mol. The average Bonchev–Trinajstić information content (AvgIpc) is 2.95. The van der Waals surface area contributed by atoms with Gasteiger partial charge in [0.1, 0.15) is 6.10 Å². The van der Waals surface area contributed by atoms with Crippen LogP contribution in [-0.2, 0) is 4.74 Å². The lowest BCUT2D eigenvalue weighted by Gasteiger charge is -2.18. The number of hydrogen-bond acceptors (Lipinski definition) is 2. The summed E-state index contributed by atoms with van der Waals surface area (Å²) in [4.78, 5) is 3.15. The number of hydrogen-bond donors (Lipinski definition) is 2. The highest BCUT2D eigenvalue weighted by Crippen LogP contribution is 2.31. The molecule has 1 aliphatic rings. The van der Waals surface area contributed by atoms with Crippen molar-refractivity contribution >= 4 is 10.9 Å². The fourth-order valence-corrected chi connectivity index (χ4v) is 2.54. The normalized spacial score (nSPS) is 26.5. The van der Waals surface area contributed by atoms with Gasteiger partial charge in [0, 0.05) is 11.7 Å². The van der Waals surface area contributed by atoms with E-state index in [2.05, 4.69) is 11.9 Å². The van der Waals surface area contributed by atoms with Crippen LogP contribution in [0.15, 0.2) is 30.5 Å². The molecule has 3 unspecified atom stereocenters. The van der Waals surface area contributed by atoms with Crippen molar-refractivity contribution < 1.29 is 9.84 Å². The third-order valence-electron chi connectivity index (χ3n) is 3.54. The summed E-state index contributed by atoms with van der Waals surface area (Å²) in [6.45, 7) is 2.06. The van der Waals surface area contributed by atoms with Gasteiger partial charge in [-0.3, -0.25) is 0 Å². The van der Waals surface area contributed by atoms with Crippen molar-refractivity contribution in [1.82, 2.24) is 4.98 Å². The predicted molar refractivity (Wildman–Crippen MR) is 66.8 cm³/mol. The third kappa shape index (κ3) is 1.96. The summed E-state index contributed by atoms with van der Waals surface area (Å²) < 4.78 is 5.71. The molecule has 1 aromatic heterocycles. The van der Waals surface area contributed by atoms with Gasteiger partial charge >= 0.3 is 0 Å². The van der Waals surface area contributed by atoms with Gasteiger partial charge in [0.25, 0.3) is 0 Å². The lowest BCUT2D eigenvalue weighted by molar-refractivity contribution is -0.0297. The molecule has 1 aromatic carbocycles. The quantitative estimate of drug-likeness (QED) is 0.834. The van der Waals surface area contributed by atoms with Crippen LogP contribution >= 0.6 is 0 Å². The predicted octanol–water partition coefficient (Wildman–Crippen LogP) is 2.77. The first-order valence-corrected chi connectivity index (χ1v) is 6.14. The standard InChI is InChI=1S/C14H17NO2/c1-9-2-5-13(17-9)14(16)11-3-4-12-10(8-11)6-7-15-12/h3-4,6-9,13-16H,2,5H2,1H3. The second-order valence-corrected chi connectivity index (χ2v) is 4.83. The van der Waals surface area contributed by atoms with Gasteiger partial charge in [0.2, 0.25) is 0 Å². The number of fused-ring (bicyclic) bond motifs is 1. The van der Waals surface area contributed by atoms with Gasteiger partial charge in [-0.25, -0.2) is 0 Å². The van der Waals surface area contributed by atoms with Gasteiger partial charge in [0.15, 0.2) is 0 Å². The molecular formula is C14H17NO2. The first-order chi connectivity index (χ1) is 8.24. The summed E-state index contributed by atoms with van der Waals surface area (Å²) in [6.07, 6.45) is 3.59. The van der Waals surface area contributed by atoms with Crippen molar-refractivity contribution in [2.45, 2.75) is 38.1 Å². The number of nitrogens with one attached hydrogen (secondary N) is 1. The van der Waals surface area contributed by atoms with Crippen molar-refractivity contribution in [3.05, 3.63) is 36.0 Å². The Morgan fingerprint density at radius 2 is 2.24 bits per heavy atom. The van der Waals surface area contributed by atoms with E-state index in [0.29, 0.717) is 0 Å². The fourth-order valence-electron chi connectivity index (χ4n) is 2.54. The summed E-state index contributed by atoms with van der Waals surface area (Å²) >= 11 is 0. The topological polar surface area (TPSA) is 45.2 Å². The van der Waals surface area contributed by atoms with E-state index < -0.39 is 6.10 Å². The van der Waals surface area contributed by atoms with Crippen LogP contribution in [0.5, 0.6) is 0 Å². The van der Waals surface area contributed by atoms with E-state index in [-0.39, 0.29) is 12.2 Å². The molecule has 2 aromatic rings. The molecule has 3 heteroatoms. The molecular weight excluding hydrogens is 214 g/mol. The third-order valence-corrected chi connectivity index (χ3v) is 3.54. The van der Waals surface area contributed by atoms with Crippen LogP contribution in [0.2, 0.25) is 0 Å². The van der Waals surface area contributed by atoms with E-state index in [9.17, 15) is 5.11 Å². The van der Waals surface area contributed by atoms with Crippen molar-refractivity contribution in [3.8, 4) is 0 Å². The Morgan fingerprint density at radius 3 is 3.00 bits per heavy atom. The van der Waals surface area contributed by atoms with E-state index >= 15 is 0 Å². The van der Waals surface area contributed by atoms with E-state index in [1.807, 2.05) is 30.5 Å². The number of aromatic nitrogens is 1. The summed E-state index contributed by atoms with van der Waals surface area (Å²) in [5.41, 5.74) is 2.04. The Kier molecular flexibility index (Phi) is 2.65. The van der Waals surface area contributed by atoms with Gasteiger partial charge < -0.3 is 14.8 Å². The zero-order valence-electron chi connectivity index (χ0n) is 9.89. The SMILES string of the molecule is CC1CCC(C(O)c2ccc3[nH]ccc3c2)O1. The van der Waals surface area contributed by atoms with E-state index in [4.69, 9.17) is 4.74 Å². The maximum Gasteiger partial charge on any atom is 0.105 e. The molecule has 3 rings (SSSR count). The van der Waals surface area contributed by atoms with Gasteiger partial charge in [-0.05, 0) is 48.9 Å². The van der Waals surface area contributed by atoms with Crippen LogP contribution < -0.4 is 0 Å². The van der Waals surface area contributed by atoms with E-state index in [1.165, 1.54) is 0 Å². The molecule has 0 bridgehead atoms. The maximum atomic E-state index is 10.3. The minimum Gasteiger partial charge on any atom is -0.386 e. The van der Waals surface area contributed by atoms with Crippen LogP contribution in [0.3, 0.4) is 0 Å². The first kappa shape index (κ1) is 10.8. The van der Waals surface area contributed by atoms with Crippen molar-refractivity contribution in [3.63, 3.8) is 0 Å². The smallest absolute Gasteiger partial charge is 0.105 e. The molecule has 90 valence electrons. The minimum atomic E-state index is -0.515. The van der Waals surface area contributed by atoms with E-state index in [0.717, 1.165) is 29.3 Å². The molecule has 0 spiro atoms. The highest BCUT2D eigenvalue weighted by molar-refractivity contribution is 5.80. The molecule has 0 aliphatic carbocycles. The van der Waals surface area contributed by atoms with Crippen LogP contribution in [0.4, 0.5) is 0 Å². The van der Waals surface area contributed by atoms with Gasteiger partial charge in [-0.2, -0.15) is 0 Å². The van der Waals surface area contributed by atoms with Crippen LogP contribution in [0.1, 0.15) is 31.4 Å². The Labute approximate surface area is 100 Å². The van der Waals surface area contributed by atoms with Crippen molar-refractivity contribution in [2.75, 3.05) is 0 Å². The van der Waals surface area contributed by atoms with Crippen LogP contribution in [0, 0.1) is 0 Å². The summed E-state index contributed by atoms with van der Waals surface area (Å²) in [6, 6.07) is 8.02. The van der Waals surface area contributed by atoms with Crippen LogP contribution in [-0.4, -0.2) is 22.3 Å². The average molecular weight is 231 g/mol. The zero-order chi connectivity index (χ0) is 11.8. The molecule has 17 heavy (non-hydrogen) atoms. The molecule has 2 heterocycles. The number of rotatable bonds is 2. The lowest BCUT2D eigenvalue weighted by atomic mass is 10.0. The van der Waals surface area contributed by atoms with Crippen molar-refractivity contribution in [2.24, 2.45) is 0 Å². The Morgan fingerprint density at radius 1 is 1.35 bits per heavy atom. The lowest BCUT2D eigenvalue weighted by Crippen LogP contribution is -2.18. The molecule has 1 aliphatic heterocycles. The molecule has 0 saturated carbocycles. The fraction of sp³-hybridized carbons (Fsp3) is 0.429. The number of ether oxygens (including phenoxy) is 1. The highest BCUT2D eigenvalue weighted by Gasteiger charge is 2.29. The Balaban J connectivity index is 1.87. The first-order valence-electron chi connectivity index (χ1n) is 6.14. The Hall–Kier alpha value is -1.32. The molecule has 1 saturated heterocycles. The summed E-state index contributed by atoms with van der Waals surface area (Å²) in [7, 11) is 0. The minimum absolute atomic E-state index is 0.0543. The molecule has 2 N–H and O–H groups in total. The second-order valence-electron chi connectivity index (χ2n) is 4.83. The molecule has 0 amide bonds. The number of aliphatic hydroxyl groups excluding tert-OH is 1. The molecule has 3 nitrogen and oxygen atoms in total. The second kappa shape index (κ2) is 4.17. The molecule has 0 radical (unpaired) electrons. The zero-order valence-corrected chi connectivity index (χ0v) is 9.89. The Bertz CT molecular complexity index is 520. The number of H-pyrrole nitrogens is 1. The maximum absolute atomic E-state index is 10.3. The van der Waals surface area contributed by atoms with Crippen LogP contribution in [0.25, 0.3) is 10.9 Å². The number of benzene rings is 1. The van der Waals surface area contributed by atoms with Gasteiger partial charge in [-0.15, -0.1) is 0 Å². The van der Waals surface area contributed by atoms with Gasteiger partial charge in [0.05, 0.1) is 12.2 Å². The van der Waals surface area contributed by atoms with E-state index in [1.54, 1.807) is 0 Å². The van der Waals surface area contributed by atoms with Crippen molar-refractivity contribution in [1.29, 1.82) is 0 Å². The van der Waals surface area contributed by atoms with Gasteiger partial charge in [-0.1, -0.05) is 6.07 Å². The highest BCUT2D eigenvalue weighted by atomic mass is 16.5.